The van der Waals surface area contributed by atoms with Crippen LogP contribution >= 0.6 is 0 Å². The largest absolute Gasteiger partial charge is 0.467 e. The number of carbonyl (C=O) groups is 2. The van der Waals surface area contributed by atoms with E-state index in [2.05, 4.69) is 4.74 Å². The summed E-state index contributed by atoms with van der Waals surface area (Å²) in [6, 6.07) is 0. The van der Waals surface area contributed by atoms with Gasteiger partial charge in [-0.3, -0.25) is 9.80 Å². The summed E-state index contributed by atoms with van der Waals surface area (Å²) < 4.78 is 4.65. The van der Waals surface area contributed by atoms with Gasteiger partial charge in [-0.05, 0) is 26.2 Å². The van der Waals surface area contributed by atoms with Crippen molar-refractivity contribution in [1.82, 2.24) is 5.01 Å². The van der Waals surface area contributed by atoms with Crippen LogP contribution in [0.2, 0.25) is 0 Å². The van der Waals surface area contributed by atoms with Gasteiger partial charge in [0.05, 0.1) is 7.11 Å². The Morgan fingerprint density at radius 2 is 2.06 bits per heavy atom. The van der Waals surface area contributed by atoms with Crippen molar-refractivity contribution in [2.75, 3.05) is 7.11 Å². The molecule has 0 aromatic rings. The molecule has 0 atom stereocenters. The first-order valence-corrected chi connectivity index (χ1v) is 5.32. The summed E-state index contributed by atoms with van der Waals surface area (Å²) in [6.45, 7) is 3.80. The minimum Gasteiger partial charge on any atom is -0.467 e. The van der Waals surface area contributed by atoms with Gasteiger partial charge in [0.1, 0.15) is 0 Å². The molecule has 0 bridgehead atoms. The Hall–Kier alpha value is -1.36. The highest BCUT2D eigenvalue weighted by Crippen LogP contribution is 2.41. The lowest BCUT2D eigenvalue weighted by atomic mass is 10.2. The Kier molecular flexibility index (Phi) is 3.70. The lowest BCUT2D eigenvalue weighted by Gasteiger charge is -2.23. The molecule has 0 radical (unpaired) electrons. The Bertz CT molecular complexity index is 332. The maximum absolute atomic E-state index is 11.7. The zero-order chi connectivity index (χ0) is 12.3. The third kappa shape index (κ3) is 2.24. The van der Waals surface area contributed by atoms with Crippen molar-refractivity contribution in [2.24, 2.45) is 5.84 Å². The van der Waals surface area contributed by atoms with Gasteiger partial charge in [0.2, 0.25) is 0 Å². The Morgan fingerprint density at radius 1 is 1.50 bits per heavy atom. The molecule has 1 amide bonds. The average molecular weight is 226 g/mol. The third-order valence-electron chi connectivity index (χ3n) is 2.92. The number of nitrogens with two attached hydrogens (primary N) is 1. The molecule has 5 nitrogen and oxygen atoms in total. The highest BCUT2D eigenvalue weighted by Gasteiger charge is 2.57. The van der Waals surface area contributed by atoms with E-state index in [4.69, 9.17) is 5.84 Å². The van der Waals surface area contributed by atoms with Crippen molar-refractivity contribution in [2.45, 2.75) is 38.6 Å². The lowest BCUT2D eigenvalue weighted by molar-refractivity contribution is -0.153. The van der Waals surface area contributed by atoms with Crippen LogP contribution in [0.4, 0.5) is 0 Å². The SMILES string of the molecule is CC/C(C)=C/C(=O)N(N)C1(C(=O)OC)CC1. The van der Waals surface area contributed by atoms with Gasteiger partial charge in [-0.15, -0.1) is 0 Å². The van der Waals surface area contributed by atoms with Gasteiger partial charge >= 0.3 is 5.97 Å². The number of allylic oxidation sites excluding steroid dienone is 1. The second-order valence-electron chi connectivity index (χ2n) is 4.08. The quantitative estimate of drug-likeness (QED) is 0.252. The molecule has 1 aliphatic rings. The first-order valence-electron chi connectivity index (χ1n) is 5.32. The molecule has 1 aliphatic carbocycles. The Labute approximate surface area is 95.2 Å². The molecular formula is C11H18N2O3. The van der Waals surface area contributed by atoms with E-state index in [0.717, 1.165) is 17.0 Å². The van der Waals surface area contributed by atoms with Crippen molar-refractivity contribution < 1.29 is 14.3 Å². The predicted octanol–water partition coefficient (Wildman–Crippen LogP) is 0.751. The molecular weight excluding hydrogens is 208 g/mol. The maximum Gasteiger partial charge on any atom is 0.333 e. The number of rotatable bonds is 4. The van der Waals surface area contributed by atoms with Gasteiger partial charge in [0.15, 0.2) is 5.54 Å². The van der Waals surface area contributed by atoms with E-state index in [1.165, 1.54) is 13.2 Å². The first kappa shape index (κ1) is 12.7. The molecule has 0 unspecified atom stereocenters. The van der Waals surface area contributed by atoms with Crippen LogP contribution in [0.15, 0.2) is 11.6 Å². The number of methoxy groups -OCH3 is 1. The van der Waals surface area contributed by atoms with E-state index in [1.807, 2.05) is 13.8 Å². The van der Waals surface area contributed by atoms with Crippen molar-refractivity contribution in [1.29, 1.82) is 0 Å². The highest BCUT2D eigenvalue weighted by molar-refractivity contribution is 5.95. The summed E-state index contributed by atoms with van der Waals surface area (Å²) >= 11 is 0. The number of carbonyl (C=O) groups excluding carboxylic acids is 2. The summed E-state index contributed by atoms with van der Waals surface area (Å²) in [6.07, 6.45) is 3.38. The van der Waals surface area contributed by atoms with Crippen molar-refractivity contribution in [3.05, 3.63) is 11.6 Å². The smallest absolute Gasteiger partial charge is 0.333 e. The van der Waals surface area contributed by atoms with Gasteiger partial charge in [-0.25, -0.2) is 10.6 Å². The van der Waals surface area contributed by atoms with Crippen molar-refractivity contribution >= 4 is 11.9 Å². The molecule has 0 aliphatic heterocycles. The molecule has 0 heterocycles. The molecule has 16 heavy (non-hydrogen) atoms. The Morgan fingerprint density at radius 3 is 2.44 bits per heavy atom. The fourth-order valence-corrected chi connectivity index (χ4v) is 1.45. The summed E-state index contributed by atoms with van der Waals surface area (Å²) in [5.74, 6) is 4.89. The normalized spacial score (nSPS) is 17.9. The summed E-state index contributed by atoms with van der Waals surface area (Å²) in [7, 11) is 1.30. The fourth-order valence-electron chi connectivity index (χ4n) is 1.45. The van der Waals surface area contributed by atoms with E-state index in [9.17, 15) is 9.59 Å². The number of hydrogen-bond donors (Lipinski definition) is 1. The van der Waals surface area contributed by atoms with Crippen LogP contribution in [0.25, 0.3) is 0 Å². The van der Waals surface area contributed by atoms with Crippen molar-refractivity contribution in [3.63, 3.8) is 0 Å². The average Bonchev–Trinajstić information content (AvgIpc) is 3.07. The van der Waals surface area contributed by atoms with E-state index >= 15 is 0 Å². The van der Waals surface area contributed by atoms with Crippen LogP contribution in [-0.2, 0) is 14.3 Å². The lowest BCUT2D eigenvalue weighted by Crippen LogP contribution is -2.51. The second-order valence-corrected chi connectivity index (χ2v) is 4.08. The molecule has 0 aromatic heterocycles. The number of hydrazine groups is 1. The van der Waals surface area contributed by atoms with Crippen LogP contribution in [0, 0.1) is 0 Å². The maximum atomic E-state index is 11.7. The predicted molar refractivity (Wildman–Crippen MR) is 59.1 cm³/mol. The summed E-state index contributed by atoms with van der Waals surface area (Å²) in [5, 5.41) is 0.998. The van der Waals surface area contributed by atoms with E-state index in [0.29, 0.717) is 12.8 Å². The Balaban J connectivity index is 2.75. The van der Waals surface area contributed by atoms with Crippen LogP contribution in [-0.4, -0.2) is 29.5 Å². The highest BCUT2D eigenvalue weighted by atomic mass is 16.5. The first-order chi connectivity index (χ1) is 7.47. The molecule has 1 rings (SSSR count). The zero-order valence-electron chi connectivity index (χ0n) is 9.95. The second kappa shape index (κ2) is 4.65. The zero-order valence-corrected chi connectivity index (χ0v) is 9.95. The molecule has 5 heteroatoms. The number of ether oxygens (including phenoxy) is 1. The van der Waals surface area contributed by atoms with Crippen LogP contribution in [0.1, 0.15) is 33.1 Å². The topological polar surface area (TPSA) is 72.6 Å². The molecule has 0 saturated heterocycles. The molecule has 1 fully saturated rings. The summed E-state index contributed by atoms with van der Waals surface area (Å²) in [5.41, 5.74) is 0.0113. The minimum absolute atomic E-state index is 0.345. The van der Waals surface area contributed by atoms with E-state index in [-0.39, 0.29) is 5.91 Å². The van der Waals surface area contributed by atoms with Gasteiger partial charge in [0.25, 0.3) is 5.91 Å². The van der Waals surface area contributed by atoms with E-state index in [1.54, 1.807) is 0 Å². The van der Waals surface area contributed by atoms with E-state index < -0.39 is 11.5 Å². The fraction of sp³-hybridized carbons (Fsp3) is 0.636. The van der Waals surface area contributed by atoms with Gasteiger partial charge < -0.3 is 4.74 Å². The number of nitrogens with zero attached hydrogens (tertiary/aromatic N) is 1. The van der Waals surface area contributed by atoms with Crippen LogP contribution in [0.5, 0.6) is 0 Å². The van der Waals surface area contributed by atoms with Gasteiger partial charge in [0, 0.05) is 6.08 Å². The molecule has 0 aromatic carbocycles. The number of esters is 1. The van der Waals surface area contributed by atoms with Gasteiger partial charge in [-0.1, -0.05) is 12.5 Å². The molecule has 0 spiro atoms. The standard InChI is InChI=1S/C11H18N2O3/c1-4-8(2)7-9(14)13(12)11(5-6-11)10(15)16-3/h7H,4-6,12H2,1-3H3/b8-7+. The third-order valence-corrected chi connectivity index (χ3v) is 2.92. The minimum atomic E-state index is -0.920. The van der Waals surface area contributed by atoms with Gasteiger partial charge in [-0.2, -0.15) is 0 Å². The molecule has 90 valence electrons. The number of amides is 1. The van der Waals surface area contributed by atoms with Crippen molar-refractivity contribution in [3.8, 4) is 0 Å². The monoisotopic (exact) mass is 226 g/mol. The van der Waals surface area contributed by atoms with Crippen LogP contribution in [0.3, 0.4) is 0 Å². The molecule has 2 N–H and O–H groups in total. The number of hydrogen-bond acceptors (Lipinski definition) is 4. The van der Waals surface area contributed by atoms with Crippen LogP contribution < -0.4 is 5.84 Å². The summed E-state index contributed by atoms with van der Waals surface area (Å²) in [4.78, 5) is 23.2. The molecule has 1 saturated carbocycles.